The van der Waals surface area contributed by atoms with E-state index in [1.54, 1.807) is 0 Å². The number of nitrogens with zero attached hydrogens (tertiary/aromatic N) is 3. The van der Waals surface area contributed by atoms with Crippen LogP contribution in [-0.4, -0.2) is 117 Å². The van der Waals surface area contributed by atoms with Gasteiger partial charge in [-0.15, -0.1) is 0 Å². The van der Waals surface area contributed by atoms with E-state index in [0.717, 1.165) is 65.7 Å². The molecule has 3 fully saturated rings. The van der Waals surface area contributed by atoms with Crippen LogP contribution >= 0.6 is 23.2 Å². The molecule has 1 aromatic heterocycles. The van der Waals surface area contributed by atoms with Crippen LogP contribution in [0.25, 0.3) is 11.1 Å². The van der Waals surface area contributed by atoms with Gasteiger partial charge in [0.2, 0.25) is 11.8 Å². The number of hydrogen-bond donors (Lipinski definition) is 5. The number of carbonyl (C=O) groups excluding carboxylic acids is 2. The van der Waals surface area contributed by atoms with E-state index in [2.05, 4.69) is 16.4 Å². The minimum atomic E-state index is -1.47. The van der Waals surface area contributed by atoms with Crippen molar-refractivity contribution in [2.45, 2.75) is 94.4 Å². The lowest BCUT2D eigenvalue weighted by Crippen LogP contribution is -2.52. The van der Waals surface area contributed by atoms with Gasteiger partial charge < -0.3 is 40.1 Å². The van der Waals surface area contributed by atoms with Crippen LogP contribution in [0, 0.1) is 0 Å². The van der Waals surface area contributed by atoms with Crippen LogP contribution in [0.3, 0.4) is 0 Å². The second-order valence-corrected chi connectivity index (χ2v) is 15.7. The van der Waals surface area contributed by atoms with E-state index in [1.807, 2.05) is 58.6 Å². The van der Waals surface area contributed by atoms with Gasteiger partial charge in [0.1, 0.15) is 11.9 Å². The minimum Gasteiger partial charge on any atom is -0.490 e. The number of aliphatic hydroxyl groups excluding tert-OH is 4. The van der Waals surface area contributed by atoms with E-state index >= 15 is 0 Å². The molecule has 6 rings (SSSR count). The summed E-state index contributed by atoms with van der Waals surface area (Å²) < 4.78 is 12.8. The molecule has 3 aliphatic rings. The number of rotatable bonds is 20. The number of aliphatic hydroxyl groups is 4. The molecule has 0 spiro atoms. The fraction of sp³-hybridized carbons (Fsp3) is 0.537. The van der Waals surface area contributed by atoms with Gasteiger partial charge >= 0.3 is 0 Å². The van der Waals surface area contributed by atoms with E-state index in [0.29, 0.717) is 62.1 Å². The highest BCUT2D eigenvalue weighted by atomic mass is 35.5. The van der Waals surface area contributed by atoms with E-state index < -0.39 is 23.9 Å². The Morgan fingerprint density at radius 3 is 2.40 bits per heavy atom. The highest BCUT2D eigenvalue weighted by Gasteiger charge is 2.48. The van der Waals surface area contributed by atoms with Gasteiger partial charge in [-0.05, 0) is 92.3 Å². The number of piperazine rings is 1. The second-order valence-electron chi connectivity index (χ2n) is 14.9. The fourth-order valence-corrected chi connectivity index (χ4v) is 7.49. The summed E-state index contributed by atoms with van der Waals surface area (Å²) in [5.41, 5.74) is 4.45. The van der Waals surface area contributed by atoms with E-state index in [4.69, 9.17) is 37.8 Å². The third-order valence-electron chi connectivity index (χ3n) is 10.6. The number of benzene rings is 2. The number of amides is 2. The minimum absolute atomic E-state index is 0.0731. The summed E-state index contributed by atoms with van der Waals surface area (Å²) in [6.07, 6.45) is 6.31. The lowest BCUT2D eigenvalue weighted by atomic mass is 9.96. The zero-order chi connectivity index (χ0) is 39.0. The third-order valence-corrected chi connectivity index (χ3v) is 11.3. The highest BCUT2D eigenvalue weighted by molar-refractivity contribution is 6.34. The van der Waals surface area contributed by atoms with Gasteiger partial charge in [0.15, 0.2) is 0 Å². The van der Waals surface area contributed by atoms with Crippen LogP contribution in [-0.2, 0) is 33.0 Å². The van der Waals surface area contributed by atoms with Crippen molar-refractivity contribution in [1.29, 1.82) is 0 Å². The maximum atomic E-state index is 12.9. The summed E-state index contributed by atoms with van der Waals surface area (Å²) in [6.45, 7) is 1.95. The Kier molecular flexibility index (Phi) is 14.4. The highest BCUT2D eigenvalue weighted by Crippen LogP contribution is 2.53. The fourth-order valence-electron chi connectivity index (χ4n) is 6.96. The molecule has 298 valence electrons. The van der Waals surface area contributed by atoms with E-state index in [-0.39, 0.29) is 44.0 Å². The zero-order valence-electron chi connectivity index (χ0n) is 31.0. The monoisotopic (exact) mass is 798 g/mol. The van der Waals surface area contributed by atoms with Crippen LogP contribution in [0.4, 0.5) is 0 Å². The Labute approximate surface area is 332 Å². The molecule has 2 aromatic carbocycles. The average molecular weight is 800 g/mol. The van der Waals surface area contributed by atoms with Crippen molar-refractivity contribution in [3.63, 3.8) is 0 Å². The molecular weight excluding hydrogens is 747 g/mol. The number of hydrogen-bond acceptors (Lipinski definition) is 10. The first kappa shape index (κ1) is 41.3. The van der Waals surface area contributed by atoms with Crippen molar-refractivity contribution in [3.05, 3.63) is 81.6 Å². The van der Waals surface area contributed by atoms with Crippen molar-refractivity contribution >= 4 is 35.0 Å². The smallest absolute Gasteiger partial charge is 0.234 e. The molecule has 12 nitrogen and oxygen atoms in total. The molecule has 3 unspecified atom stereocenters. The van der Waals surface area contributed by atoms with Crippen molar-refractivity contribution in [2.24, 2.45) is 0 Å². The number of unbranched alkanes of at least 4 members (excludes halogenated alkanes) is 1. The molecule has 3 atom stereocenters. The van der Waals surface area contributed by atoms with Crippen molar-refractivity contribution < 1.29 is 39.5 Å². The number of ether oxygens (including phenoxy) is 2. The normalized spacial score (nSPS) is 18.4. The summed E-state index contributed by atoms with van der Waals surface area (Å²) in [7, 11) is 0. The molecule has 2 aliphatic carbocycles. The number of aryl methyl sites for hydroxylation is 1. The van der Waals surface area contributed by atoms with Crippen LogP contribution in [0.5, 0.6) is 5.75 Å². The molecule has 0 bridgehead atoms. The van der Waals surface area contributed by atoms with Gasteiger partial charge in [-0.1, -0.05) is 41.4 Å². The Balaban J connectivity index is 0.920. The molecular formula is C41H52Cl2N4O8. The molecule has 0 radical (unpaired) electrons. The molecule has 14 heteroatoms. The molecule has 1 saturated heterocycles. The molecule has 2 heterocycles. The lowest BCUT2D eigenvalue weighted by Gasteiger charge is -2.34. The van der Waals surface area contributed by atoms with E-state index in [1.165, 1.54) is 0 Å². The van der Waals surface area contributed by atoms with Crippen molar-refractivity contribution in [3.8, 4) is 16.9 Å². The maximum absolute atomic E-state index is 12.9. The van der Waals surface area contributed by atoms with Gasteiger partial charge in [-0.2, -0.15) is 0 Å². The van der Waals surface area contributed by atoms with Gasteiger partial charge in [-0.3, -0.25) is 19.5 Å². The molecule has 2 amide bonds. The number of para-hydroxylation sites is 1. The van der Waals surface area contributed by atoms with Gasteiger partial charge in [0.25, 0.3) is 0 Å². The summed E-state index contributed by atoms with van der Waals surface area (Å²) in [5, 5.41) is 42.3. The summed E-state index contributed by atoms with van der Waals surface area (Å²) in [4.78, 5) is 33.5. The van der Waals surface area contributed by atoms with Crippen LogP contribution in [0.15, 0.2) is 54.9 Å². The van der Waals surface area contributed by atoms with Crippen LogP contribution < -0.4 is 10.1 Å². The Morgan fingerprint density at radius 2 is 1.67 bits per heavy atom. The number of halogens is 2. The molecule has 2 saturated carbocycles. The summed E-state index contributed by atoms with van der Waals surface area (Å²) in [5.74, 6) is 0.627. The Bertz CT molecular complexity index is 1770. The first-order valence-corrected chi connectivity index (χ1v) is 20.1. The predicted molar refractivity (Wildman–Crippen MR) is 209 cm³/mol. The van der Waals surface area contributed by atoms with Crippen molar-refractivity contribution in [2.75, 3.05) is 45.9 Å². The van der Waals surface area contributed by atoms with Gasteiger partial charge in [-0.25, -0.2) is 0 Å². The Morgan fingerprint density at radius 1 is 0.945 bits per heavy atom. The SMILES string of the molecule is O=C(CN1CCN(C(=O)CCCCc2cc(Cl)c(COC3(c4cnccc4-c4ccccc4OC4CC4)CC3)cc2Cl)CC1)NCC(O)C(O)C(O)CCO. The van der Waals surface area contributed by atoms with Gasteiger partial charge in [0.05, 0.1) is 37.1 Å². The number of pyridine rings is 1. The topological polar surface area (TPSA) is 165 Å². The number of carbonyl (C=O) groups is 2. The molecule has 5 N–H and O–H groups in total. The molecule has 55 heavy (non-hydrogen) atoms. The number of nitrogens with one attached hydrogen (secondary N) is 1. The average Bonchev–Trinajstić information content (AvgIpc) is 4.14. The largest absolute Gasteiger partial charge is 0.490 e. The summed E-state index contributed by atoms with van der Waals surface area (Å²) in [6, 6.07) is 14.0. The second kappa shape index (κ2) is 19.2. The quantitative estimate of drug-likeness (QED) is 0.105. The van der Waals surface area contributed by atoms with Crippen LogP contribution in [0.2, 0.25) is 10.0 Å². The standard InChI is InChI=1S/C41H52Cl2N4O8/c42-33-22-28(26-54-41(13-14-41)32-23-44-15-11-30(32)31-6-2-3-7-37(31)55-29-9-10-29)34(43)21-27(33)5-1-4-8-39(52)47-18-16-46(17-19-47)25-38(51)45-24-36(50)40(53)35(49)12-20-48/h2-3,6-7,11,15,21-23,29,35-36,40,48-50,53H,1,4-5,8-10,12-14,16-20,24-26H2,(H,45,51). The van der Waals surface area contributed by atoms with Gasteiger partial charge in [0, 0.05) is 79.3 Å². The third kappa shape index (κ3) is 11.2. The maximum Gasteiger partial charge on any atom is 0.234 e. The predicted octanol–water partition coefficient (Wildman–Crippen LogP) is 4.24. The zero-order valence-corrected chi connectivity index (χ0v) is 32.6. The molecule has 3 aromatic rings. The molecule has 1 aliphatic heterocycles. The number of aromatic nitrogens is 1. The van der Waals surface area contributed by atoms with E-state index in [9.17, 15) is 24.9 Å². The van der Waals surface area contributed by atoms with Crippen LogP contribution in [0.1, 0.15) is 68.1 Å². The first-order chi connectivity index (χ1) is 26.6. The first-order valence-electron chi connectivity index (χ1n) is 19.3. The summed E-state index contributed by atoms with van der Waals surface area (Å²) >= 11 is 13.5. The Hall–Kier alpha value is -3.33. The van der Waals surface area contributed by atoms with Crippen molar-refractivity contribution in [1.82, 2.24) is 20.1 Å². The lowest BCUT2D eigenvalue weighted by molar-refractivity contribution is -0.133.